The minimum atomic E-state index is -3.50. The molecule has 0 bridgehead atoms. The first kappa shape index (κ1) is 22.3. The monoisotopic (exact) mass is 461 g/mol. The van der Waals surface area contributed by atoms with Crippen molar-refractivity contribution >= 4 is 15.7 Å². The summed E-state index contributed by atoms with van der Waals surface area (Å²) in [6.45, 7) is 1.99. The summed E-state index contributed by atoms with van der Waals surface area (Å²) in [5, 5.41) is 4.53. The van der Waals surface area contributed by atoms with E-state index in [4.69, 9.17) is 4.74 Å². The van der Waals surface area contributed by atoms with Gasteiger partial charge in [0.25, 0.3) is 5.56 Å². The highest BCUT2D eigenvalue weighted by Gasteiger charge is 2.18. The Morgan fingerprint density at radius 2 is 1.61 bits per heavy atom. The summed E-state index contributed by atoms with van der Waals surface area (Å²) in [5.41, 5.74) is 3.65. The SMILES string of the molecule is Cc1ccc(-c2cc(=O)n(C)nc2-c2cc(NS(C)(=O)=O)ccc2Oc2ccccc2)cc1. The molecule has 0 fully saturated rings. The second-order valence-corrected chi connectivity index (χ2v) is 9.48. The average molecular weight is 462 g/mol. The van der Waals surface area contributed by atoms with Crippen LogP contribution in [0, 0.1) is 6.92 Å². The van der Waals surface area contributed by atoms with E-state index in [0.29, 0.717) is 34.0 Å². The van der Waals surface area contributed by atoms with Gasteiger partial charge in [0.05, 0.1) is 6.26 Å². The van der Waals surface area contributed by atoms with Crippen molar-refractivity contribution in [2.75, 3.05) is 11.0 Å². The Bertz CT molecular complexity index is 1460. The number of hydrogen-bond acceptors (Lipinski definition) is 5. The third kappa shape index (κ3) is 5.30. The first-order valence-corrected chi connectivity index (χ1v) is 12.1. The van der Waals surface area contributed by atoms with Crippen molar-refractivity contribution in [3.05, 3.63) is 94.8 Å². The molecule has 1 N–H and O–H groups in total. The van der Waals surface area contributed by atoms with Gasteiger partial charge in [0.2, 0.25) is 10.0 Å². The molecule has 0 atom stereocenters. The molecule has 0 saturated heterocycles. The number of aryl methyl sites for hydroxylation is 2. The Morgan fingerprint density at radius 1 is 0.909 bits per heavy atom. The standard InChI is InChI=1S/C25H23N3O4S/c1-17-9-11-18(12-10-17)21-16-24(29)28(2)26-25(21)22-15-19(27-33(3,30)31)13-14-23(22)32-20-7-5-4-6-8-20/h4-16,27H,1-3H3. The molecule has 0 radical (unpaired) electrons. The van der Waals surface area contributed by atoms with E-state index < -0.39 is 10.0 Å². The number of nitrogens with zero attached hydrogens (tertiary/aromatic N) is 2. The molecule has 0 aliphatic carbocycles. The molecule has 33 heavy (non-hydrogen) atoms. The van der Waals surface area contributed by atoms with Crippen LogP contribution in [0.2, 0.25) is 0 Å². The number of para-hydroxylation sites is 1. The molecule has 0 saturated carbocycles. The van der Waals surface area contributed by atoms with Crippen molar-refractivity contribution in [1.82, 2.24) is 9.78 Å². The lowest BCUT2D eigenvalue weighted by molar-refractivity contribution is 0.484. The zero-order valence-corrected chi connectivity index (χ0v) is 19.3. The van der Waals surface area contributed by atoms with Gasteiger partial charge >= 0.3 is 0 Å². The molecule has 0 spiro atoms. The van der Waals surface area contributed by atoms with Crippen LogP contribution in [0.1, 0.15) is 5.56 Å². The van der Waals surface area contributed by atoms with Crippen LogP contribution in [0.25, 0.3) is 22.4 Å². The van der Waals surface area contributed by atoms with Crippen molar-refractivity contribution in [1.29, 1.82) is 0 Å². The normalized spacial score (nSPS) is 11.2. The average Bonchev–Trinajstić information content (AvgIpc) is 2.77. The molecule has 0 amide bonds. The Hall–Kier alpha value is -3.91. The molecule has 1 aromatic heterocycles. The summed E-state index contributed by atoms with van der Waals surface area (Å²) < 4.78 is 33.5. The van der Waals surface area contributed by atoms with E-state index in [1.165, 1.54) is 10.7 Å². The number of nitrogens with one attached hydrogen (secondary N) is 1. The lowest BCUT2D eigenvalue weighted by Crippen LogP contribution is -2.20. The van der Waals surface area contributed by atoms with Crippen molar-refractivity contribution < 1.29 is 13.2 Å². The van der Waals surface area contributed by atoms with Crippen molar-refractivity contribution in [3.63, 3.8) is 0 Å². The zero-order valence-electron chi connectivity index (χ0n) is 18.4. The van der Waals surface area contributed by atoms with Crippen LogP contribution in [0.3, 0.4) is 0 Å². The first-order valence-electron chi connectivity index (χ1n) is 10.2. The number of anilines is 1. The zero-order chi connectivity index (χ0) is 23.6. The molecule has 3 aromatic carbocycles. The van der Waals surface area contributed by atoms with Crippen LogP contribution in [0.5, 0.6) is 11.5 Å². The smallest absolute Gasteiger partial charge is 0.267 e. The van der Waals surface area contributed by atoms with Gasteiger partial charge in [0.15, 0.2) is 0 Å². The fraction of sp³-hybridized carbons (Fsp3) is 0.120. The van der Waals surface area contributed by atoms with Crippen molar-refractivity contribution in [2.45, 2.75) is 6.92 Å². The van der Waals surface area contributed by atoms with Gasteiger partial charge in [-0.3, -0.25) is 9.52 Å². The third-order valence-corrected chi connectivity index (χ3v) is 5.57. The van der Waals surface area contributed by atoms with Gasteiger partial charge in [-0.2, -0.15) is 5.10 Å². The van der Waals surface area contributed by atoms with Gasteiger partial charge in [-0.25, -0.2) is 13.1 Å². The maximum atomic E-state index is 12.5. The first-order chi connectivity index (χ1) is 15.7. The number of benzene rings is 3. The second-order valence-electron chi connectivity index (χ2n) is 7.73. The Balaban J connectivity index is 1.95. The summed E-state index contributed by atoms with van der Waals surface area (Å²) in [6, 6.07) is 23.5. The molecular weight excluding hydrogens is 438 g/mol. The lowest BCUT2D eigenvalue weighted by atomic mass is 9.98. The molecule has 1 heterocycles. The highest BCUT2D eigenvalue weighted by molar-refractivity contribution is 7.92. The lowest BCUT2D eigenvalue weighted by Gasteiger charge is -2.16. The second kappa shape index (κ2) is 8.91. The van der Waals surface area contributed by atoms with Crippen LogP contribution in [-0.2, 0) is 17.1 Å². The highest BCUT2D eigenvalue weighted by atomic mass is 32.2. The van der Waals surface area contributed by atoms with E-state index in [9.17, 15) is 13.2 Å². The number of ether oxygens (including phenoxy) is 1. The van der Waals surface area contributed by atoms with Crippen LogP contribution >= 0.6 is 0 Å². The quantitative estimate of drug-likeness (QED) is 0.454. The van der Waals surface area contributed by atoms with E-state index in [-0.39, 0.29) is 5.56 Å². The van der Waals surface area contributed by atoms with Crippen molar-refractivity contribution in [3.8, 4) is 33.9 Å². The van der Waals surface area contributed by atoms with Gasteiger partial charge < -0.3 is 4.74 Å². The maximum Gasteiger partial charge on any atom is 0.267 e. The minimum Gasteiger partial charge on any atom is -0.457 e. The number of sulfonamides is 1. The predicted molar refractivity (Wildman–Crippen MR) is 130 cm³/mol. The fourth-order valence-electron chi connectivity index (χ4n) is 3.39. The summed E-state index contributed by atoms with van der Waals surface area (Å²) in [7, 11) is -1.93. The third-order valence-electron chi connectivity index (χ3n) is 4.96. The summed E-state index contributed by atoms with van der Waals surface area (Å²) >= 11 is 0. The van der Waals surface area contributed by atoms with Gasteiger partial charge in [0.1, 0.15) is 17.2 Å². The minimum absolute atomic E-state index is 0.259. The Morgan fingerprint density at radius 3 is 2.27 bits per heavy atom. The Labute approximate surface area is 192 Å². The highest BCUT2D eigenvalue weighted by Crippen LogP contribution is 2.39. The van der Waals surface area contributed by atoms with Gasteiger partial charge in [0, 0.05) is 29.9 Å². The molecule has 168 valence electrons. The maximum absolute atomic E-state index is 12.5. The van der Waals surface area contributed by atoms with Crippen LogP contribution in [0.15, 0.2) is 83.7 Å². The Kier molecular flexibility index (Phi) is 6.02. The molecular formula is C25H23N3O4S. The summed E-state index contributed by atoms with van der Waals surface area (Å²) in [6.07, 6.45) is 1.09. The largest absolute Gasteiger partial charge is 0.457 e. The summed E-state index contributed by atoms with van der Waals surface area (Å²) in [4.78, 5) is 12.5. The van der Waals surface area contributed by atoms with Crippen LogP contribution in [0.4, 0.5) is 5.69 Å². The number of rotatable bonds is 6. The topological polar surface area (TPSA) is 90.3 Å². The van der Waals surface area contributed by atoms with E-state index >= 15 is 0 Å². The van der Waals surface area contributed by atoms with Gasteiger partial charge in [-0.1, -0.05) is 48.0 Å². The number of aromatic nitrogens is 2. The van der Waals surface area contributed by atoms with Crippen LogP contribution < -0.4 is 15.0 Å². The molecule has 8 heteroatoms. The molecule has 0 aliphatic rings. The van der Waals surface area contributed by atoms with E-state index in [2.05, 4.69) is 9.82 Å². The van der Waals surface area contributed by atoms with E-state index in [1.807, 2.05) is 61.5 Å². The van der Waals surface area contributed by atoms with E-state index in [1.54, 1.807) is 25.2 Å². The van der Waals surface area contributed by atoms with E-state index in [0.717, 1.165) is 17.4 Å². The molecule has 4 aromatic rings. The van der Waals surface area contributed by atoms with Crippen LogP contribution in [-0.4, -0.2) is 24.5 Å². The van der Waals surface area contributed by atoms with Gasteiger partial charge in [-0.15, -0.1) is 0 Å². The molecule has 4 rings (SSSR count). The predicted octanol–water partition coefficient (Wildman–Crippen LogP) is 4.59. The number of hydrogen-bond donors (Lipinski definition) is 1. The molecule has 0 aliphatic heterocycles. The molecule has 0 unspecified atom stereocenters. The van der Waals surface area contributed by atoms with Gasteiger partial charge in [-0.05, 0) is 42.8 Å². The summed E-state index contributed by atoms with van der Waals surface area (Å²) in [5.74, 6) is 1.09. The fourth-order valence-corrected chi connectivity index (χ4v) is 3.94. The van der Waals surface area contributed by atoms with Crippen molar-refractivity contribution in [2.24, 2.45) is 7.05 Å². The molecule has 7 nitrogen and oxygen atoms in total.